The van der Waals surface area contributed by atoms with Crippen LogP contribution in [-0.4, -0.2) is 20.5 Å². The summed E-state index contributed by atoms with van der Waals surface area (Å²) >= 11 is 0. The second kappa shape index (κ2) is 5.28. The molecule has 0 bridgehead atoms. The number of hydrogen-bond acceptors (Lipinski definition) is 3. The summed E-state index contributed by atoms with van der Waals surface area (Å²) in [4.78, 5) is 15.6. The van der Waals surface area contributed by atoms with Gasteiger partial charge in [-0.3, -0.25) is 0 Å². The van der Waals surface area contributed by atoms with E-state index in [4.69, 9.17) is 9.84 Å². The van der Waals surface area contributed by atoms with Gasteiger partial charge >= 0.3 is 5.97 Å². The summed E-state index contributed by atoms with van der Waals surface area (Å²) in [6, 6.07) is 10.5. The Kier molecular flexibility index (Phi) is 3.31. The van der Waals surface area contributed by atoms with Crippen LogP contribution in [0.15, 0.2) is 48.8 Å². The van der Waals surface area contributed by atoms with Crippen molar-refractivity contribution in [2.45, 2.75) is 13.5 Å². The first-order valence-corrected chi connectivity index (χ1v) is 6.53. The van der Waals surface area contributed by atoms with Gasteiger partial charge in [0, 0.05) is 12.4 Å². The van der Waals surface area contributed by atoms with Crippen molar-refractivity contribution in [2.75, 3.05) is 0 Å². The Morgan fingerprint density at radius 2 is 2.10 bits per heavy atom. The lowest BCUT2D eigenvalue weighted by Crippen LogP contribution is -2.03. The molecule has 3 rings (SSSR count). The zero-order valence-electron chi connectivity index (χ0n) is 11.5. The number of hydrogen-bond donors (Lipinski definition) is 1. The zero-order valence-corrected chi connectivity index (χ0v) is 11.5. The predicted molar refractivity (Wildman–Crippen MR) is 77.7 cm³/mol. The molecule has 2 heterocycles. The van der Waals surface area contributed by atoms with Crippen molar-refractivity contribution >= 4 is 11.6 Å². The fourth-order valence-electron chi connectivity index (χ4n) is 2.19. The molecule has 0 aliphatic heterocycles. The minimum atomic E-state index is -1.00. The first-order valence-electron chi connectivity index (χ1n) is 6.53. The maximum atomic E-state index is 11.1. The summed E-state index contributed by atoms with van der Waals surface area (Å²) in [5, 5.41) is 9.11. The fraction of sp³-hybridized carbons (Fsp3) is 0.125. The quantitative estimate of drug-likeness (QED) is 0.799. The molecule has 0 atom stereocenters. The van der Waals surface area contributed by atoms with E-state index in [0.29, 0.717) is 5.75 Å². The average Bonchev–Trinajstić information content (AvgIpc) is 2.90. The van der Waals surface area contributed by atoms with Gasteiger partial charge in [0.2, 0.25) is 0 Å². The van der Waals surface area contributed by atoms with Gasteiger partial charge < -0.3 is 14.2 Å². The molecule has 3 aromatic rings. The molecule has 1 aromatic carbocycles. The molecule has 2 aromatic heterocycles. The van der Waals surface area contributed by atoms with Crippen molar-refractivity contribution in [2.24, 2.45) is 0 Å². The number of aromatic nitrogens is 2. The third-order valence-corrected chi connectivity index (χ3v) is 3.22. The van der Waals surface area contributed by atoms with Crippen LogP contribution in [-0.2, 0) is 6.61 Å². The van der Waals surface area contributed by atoms with E-state index in [9.17, 15) is 4.79 Å². The molecule has 5 heteroatoms. The van der Waals surface area contributed by atoms with E-state index < -0.39 is 5.97 Å². The molecule has 106 valence electrons. The highest BCUT2D eigenvalue weighted by Crippen LogP contribution is 2.19. The normalized spacial score (nSPS) is 10.7. The maximum Gasteiger partial charge on any atom is 0.339 e. The summed E-state index contributed by atoms with van der Waals surface area (Å²) in [7, 11) is 0. The lowest BCUT2D eigenvalue weighted by Gasteiger charge is -2.06. The van der Waals surface area contributed by atoms with Gasteiger partial charge in [-0.05, 0) is 30.7 Å². The molecule has 21 heavy (non-hydrogen) atoms. The van der Waals surface area contributed by atoms with E-state index in [1.807, 2.05) is 35.9 Å². The van der Waals surface area contributed by atoms with Crippen LogP contribution < -0.4 is 4.74 Å². The number of ether oxygens (including phenoxy) is 1. The van der Waals surface area contributed by atoms with E-state index in [1.54, 1.807) is 18.2 Å². The Morgan fingerprint density at radius 1 is 1.29 bits per heavy atom. The van der Waals surface area contributed by atoms with Gasteiger partial charge in [0.15, 0.2) is 0 Å². The van der Waals surface area contributed by atoms with E-state index in [1.165, 1.54) is 6.07 Å². The monoisotopic (exact) mass is 282 g/mol. The highest BCUT2D eigenvalue weighted by atomic mass is 16.5. The van der Waals surface area contributed by atoms with Crippen LogP contribution >= 0.6 is 0 Å². The second-order valence-electron chi connectivity index (χ2n) is 4.74. The molecule has 0 fully saturated rings. The molecule has 5 nitrogen and oxygen atoms in total. The van der Waals surface area contributed by atoms with Crippen LogP contribution in [0, 0.1) is 6.92 Å². The highest BCUT2D eigenvalue weighted by molar-refractivity contribution is 5.90. The van der Waals surface area contributed by atoms with Gasteiger partial charge in [0.05, 0.1) is 5.69 Å². The van der Waals surface area contributed by atoms with Crippen LogP contribution in [0.1, 0.15) is 21.6 Å². The Balaban J connectivity index is 1.84. The highest BCUT2D eigenvalue weighted by Gasteiger charge is 2.11. The van der Waals surface area contributed by atoms with Gasteiger partial charge in [-0.2, -0.15) is 0 Å². The van der Waals surface area contributed by atoms with E-state index in [-0.39, 0.29) is 12.2 Å². The Morgan fingerprint density at radius 3 is 2.86 bits per heavy atom. The van der Waals surface area contributed by atoms with Crippen molar-refractivity contribution in [3.8, 4) is 5.75 Å². The molecule has 0 saturated heterocycles. The van der Waals surface area contributed by atoms with Gasteiger partial charge in [0.1, 0.15) is 23.6 Å². The van der Waals surface area contributed by atoms with Crippen LogP contribution in [0.25, 0.3) is 5.65 Å². The number of benzene rings is 1. The smallest absolute Gasteiger partial charge is 0.339 e. The lowest BCUT2D eigenvalue weighted by molar-refractivity contribution is 0.0691. The van der Waals surface area contributed by atoms with E-state index in [0.717, 1.165) is 16.9 Å². The SMILES string of the molecule is Cc1cccn2cc(COc3ccccc3C(=O)O)nc12. The molecule has 0 aliphatic carbocycles. The van der Waals surface area contributed by atoms with Crippen molar-refractivity contribution in [3.63, 3.8) is 0 Å². The van der Waals surface area contributed by atoms with E-state index >= 15 is 0 Å². The van der Waals surface area contributed by atoms with Crippen molar-refractivity contribution in [1.82, 2.24) is 9.38 Å². The molecule has 0 unspecified atom stereocenters. The number of aryl methyl sites for hydroxylation is 1. The number of carboxylic acid groups (broad SMARTS) is 1. The summed E-state index contributed by atoms with van der Waals surface area (Å²) in [5.74, 6) is -0.657. The van der Waals surface area contributed by atoms with Crippen LogP contribution in [0.3, 0.4) is 0 Å². The molecular weight excluding hydrogens is 268 g/mol. The Labute approximate surface area is 121 Å². The Bertz CT molecular complexity index is 808. The first kappa shape index (κ1) is 13.2. The minimum absolute atomic E-state index is 0.150. The molecule has 0 spiro atoms. The zero-order chi connectivity index (χ0) is 14.8. The number of rotatable bonds is 4. The number of carbonyl (C=O) groups is 1. The van der Waals surface area contributed by atoms with Gasteiger partial charge in [-0.15, -0.1) is 0 Å². The molecule has 0 saturated carbocycles. The summed E-state index contributed by atoms with van der Waals surface area (Å²) in [5.41, 5.74) is 2.86. The standard InChI is InChI=1S/C16H14N2O3/c1-11-5-4-8-18-9-12(17-15(11)18)10-21-14-7-3-2-6-13(14)16(19)20/h2-9H,10H2,1H3,(H,19,20). The van der Waals surface area contributed by atoms with Gasteiger partial charge in [-0.1, -0.05) is 18.2 Å². The number of nitrogens with zero attached hydrogens (tertiary/aromatic N) is 2. The largest absolute Gasteiger partial charge is 0.486 e. The van der Waals surface area contributed by atoms with Crippen molar-refractivity contribution in [3.05, 3.63) is 65.6 Å². The molecule has 0 amide bonds. The van der Waals surface area contributed by atoms with Gasteiger partial charge in [0.25, 0.3) is 0 Å². The molecule has 0 aliphatic rings. The number of fused-ring (bicyclic) bond motifs is 1. The third-order valence-electron chi connectivity index (χ3n) is 3.22. The molecule has 0 radical (unpaired) electrons. The predicted octanol–water partition coefficient (Wildman–Crippen LogP) is 2.92. The fourth-order valence-corrected chi connectivity index (χ4v) is 2.19. The molecular formula is C16H14N2O3. The number of aromatic carboxylic acids is 1. The lowest BCUT2D eigenvalue weighted by atomic mass is 10.2. The Hall–Kier alpha value is -2.82. The number of carboxylic acids is 1. The van der Waals surface area contributed by atoms with Crippen LogP contribution in [0.4, 0.5) is 0 Å². The summed E-state index contributed by atoms with van der Waals surface area (Å²) in [6.07, 6.45) is 3.80. The van der Waals surface area contributed by atoms with Crippen LogP contribution in [0.5, 0.6) is 5.75 Å². The van der Waals surface area contributed by atoms with Crippen molar-refractivity contribution < 1.29 is 14.6 Å². The average molecular weight is 282 g/mol. The number of imidazole rings is 1. The first-order chi connectivity index (χ1) is 10.1. The van der Waals surface area contributed by atoms with E-state index in [2.05, 4.69) is 4.98 Å². The number of pyridine rings is 1. The number of para-hydroxylation sites is 1. The third kappa shape index (κ3) is 2.58. The summed E-state index contributed by atoms with van der Waals surface area (Å²) in [6.45, 7) is 2.22. The van der Waals surface area contributed by atoms with Crippen molar-refractivity contribution in [1.29, 1.82) is 0 Å². The maximum absolute atomic E-state index is 11.1. The second-order valence-corrected chi connectivity index (χ2v) is 4.74. The van der Waals surface area contributed by atoms with Crippen LogP contribution in [0.2, 0.25) is 0 Å². The minimum Gasteiger partial charge on any atom is -0.486 e. The molecule has 1 N–H and O–H groups in total. The van der Waals surface area contributed by atoms with Gasteiger partial charge in [-0.25, -0.2) is 9.78 Å². The summed E-state index contributed by atoms with van der Waals surface area (Å²) < 4.78 is 7.52. The topological polar surface area (TPSA) is 63.8 Å².